The average Bonchev–Trinajstić information content (AvgIpc) is 2.79. The van der Waals surface area contributed by atoms with Gasteiger partial charge >= 0.3 is 0 Å². The van der Waals surface area contributed by atoms with Gasteiger partial charge in [0.25, 0.3) is 5.91 Å². The first kappa shape index (κ1) is 27.7. The van der Waals surface area contributed by atoms with Crippen LogP contribution in [0.4, 0.5) is 0 Å². The monoisotopic (exact) mass is 431 g/mol. The first-order valence-electron chi connectivity index (χ1n) is 13.5. The predicted molar refractivity (Wildman–Crippen MR) is 133 cm³/mol. The molecule has 0 aromatic carbocycles. The van der Waals surface area contributed by atoms with Crippen LogP contribution in [0.3, 0.4) is 0 Å². The van der Waals surface area contributed by atoms with Crippen molar-refractivity contribution in [1.29, 1.82) is 0 Å². The maximum Gasteiger partial charge on any atom is 0.259 e. The van der Waals surface area contributed by atoms with Crippen LogP contribution in [0.25, 0.3) is 0 Å². The number of amides is 1. The molecule has 0 unspecified atom stereocenters. The molecule has 0 aliphatic heterocycles. The van der Waals surface area contributed by atoms with Crippen LogP contribution in [0, 0.1) is 0 Å². The van der Waals surface area contributed by atoms with Crippen molar-refractivity contribution in [2.24, 2.45) is 0 Å². The fourth-order valence-corrected chi connectivity index (χ4v) is 4.32. The van der Waals surface area contributed by atoms with Gasteiger partial charge in [0.05, 0.1) is 0 Å². The topological polar surface area (TPSA) is 24.2 Å². The minimum atomic E-state index is 0.145. The molecule has 0 fully saturated rings. The number of rotatable bonds is 20. The van der Waals surface area contributed by atoms with Gasteiger partial charge in [0, 0.05) is 25.6 Å². The van der Waals surface area contributed by atoms with Crippen molar-refractivity contribution < 1.29 is 9.36 Å². The van der Waals surface area contributed by atoms with E-state index in [1.165, 1.54) is 103 Å². The van der Waals surface area contributed by atoms with Gasteiger partial charge in [0.2, 0.25) is 0 Å². The quantitative estimate of drug-likeness (QED) is 0.153. The molecule has 0 saturated heterocycles. The van der Waals surface area contributed by atoms with Crippen LogP contribution in [0.5, 0.6) is 0 Å². The van der Waals surface area contributed by atoms with Crippen LogP contribution in [0.15, 0.2) is 24.5 Å². The molecule has 0 aliphatic carbocycles. The first-order chi connectivity index (χ1) is 15.2. The molecular formula is C28H51N2O+. The molecule has 0 saturated carbocycles. The van der Waals surface area contributed by atoms with E-state index in [-0.39, 0.29) is 5.91 Å². The lowest BCUT2D eigenvalue weighted by molar-refractivity contribution is -0.697. The number of carbonyl (C=O) groups is 1. The Morgan fingerprint density at radius 3 is 1.61 bits per heavy atom. The smallest absolute Gasteiger partial charge is 0.259 e. The number of hydrogen-bond donors (Lipinski definition) is 0. The van der Waals surface area contributed by atoms with E-state index in [2.05, 4.69) is 17.7 Å². The molecule has 1 heterocycles. The maximum atomic E-state index is 12.5. The number of nitrogens with zero attached hydrogens (tertiary/aromatic N) is 2. The van der Waals surface area contributed by atoms with Gasteiger partial charge in [-0.15, -0.1) is 0 Å². The van der Waals surface area contributed by atoms with Crippen molar-refractivity contribution in [2.45, 2.75) is 130 Å². The number of carbonyl (C=O) groups excluding carboxylic acids is 1. The van der Waals surface area contributed by atoms with Gasteiger partial charge in [-0.1, -0.05) is 96.8 Å². The predicted octanol–water partition coefficient (Wildman–Crippen LogP) is 7.72. The van der Waals surface area contributed by atoms with Crippen molar-refractivity contribution >= 4 is 5.91 Å². The average molecular weight is 432 g/mol. The van der Waals surface area contributed by atoms with E-state index in [9.17, 15) is 4.79 Å². The summed E-state index contributed by atoms with van der Waals surface area (Å²) in [7, 11) is 0. The zero-order chi connectivity index (χ0) is 22.6. The van der Waals surface area contributed by atoms with E-state index in [1.54, 1.807) is 0 Å². The largest absolute Gasteiger partial charge is 0.339 e. The van der Waals surface area contributed by atoms with Gasteiger partial charge in [-0.05, 0) is 26.3 Å². The molecule has 0 aliphatic rings. The molecule has 1 aromatic heterocycles. The second kappa shape index (κ2) is 19.3. The molecule has 1 rings (SSSR count). The van der Waals surface area contributed by atoms with Crippen molar-refractivity contribution in [2.75, 3.05) is 13.1 Å². The molecule has 3 nitrogen and oxygen atoms in total. The van der Waals surface area contributed by atoms with Crippen LogP contribution in [0.1, 0.15) is 134 Å². The highest BCUT2D eigenvalue weighted by Gasteiger charge is 2.15. The molecule has 3 heteroatoms. The second-order valence-corrected chi connectivity index (χ2v) is 9.11. The summed E-state index contributed by atoms with van der Waals surface area (Å²) < 4.78 is 2.18. The minimum Gasteiger partial charge on any atom is -0.339 e. The SMILES string of the molecule is CCCCCCCCCCCCCCCCCC[n+]1cccc(C(=O)N(CC)CC)c1. The van der Waals surface area contributed by atoms with Crippen LogP contribution in [-0.2, 0) is 6.54 Å². The summed E-state index contributed by atoms with van der Waals surface area (Å²) in [5.41, 5.74) is 0.808. The van der Waals surface area contributed by atoms with Gasteiger partial charge in [0.15, 0.2) is 12.4 Å². The standard InChI is InChI=1S/C28H51N2O/c1-4-7-8-9-10-11-12-13-14-15-16-17-18-19-20-21-24-29-25-22-23-27(26-29)28(31)30(5-2)6-3/h22-23,25-26H,4-21,24H2,1-3H3/q+1. The summed E-state index contributed by atoms with van der Waals surface area (Å²) in [6, 6.07) is 3.94. The molecule has 0 N–H and O–H groups in total. The summed E-state index contributed by atoms with van der Waals surface area (Å²) >= 11 is 0. The van der Waals surface area contributed by atoms with Crippen molar-refractivity contribution in [1.82, 2.24) is 4.90 Å². The lowest BCUT2D eigenvalue weighted by Crippen LogP contribution is -2.36. The Balaban J connectivity index is 1.98. The van der Waals surface area contributed by atoms with E-state index in [1.807, 2.05) is 37.1 Å². The third-order valence-corrected chi connectivity index (χ3v) is 6.43. The van der Waals surface area contributed by atoms with Crippen molar-refractivity contribution in [3.05, 3.63) is 30.1 Å². The van der Waals surface area contributed by atoms with Crippen LogP contribution in [0.2, 0.25) is 0 Å². The molecule has 0 spiro atoms. The molecule has 1 aromatic rings. The lowest BCUT2D eigenvalue weighted by Gasteiger charge is -2.17. The highest BCUT2D eigenvalue weighted by Crippen LogP contribution is 2.13. The number of aromatic nitrogens is 1. The highest BCUT2D eigenvalue weighted by atomic mass is 16.2. The van der Waals surface area contributed by atoms with Crippen molar-refractivity contribution in [3.63, 3.8) is 0 Å². The third-order valence-electron chi connectivity index (χ3n) is 6.43. The summed E-state index contributed by atoms with van der Waals surface area (Å²) in [4.78, 5) is 14.4. The van der Waals surface area contributed by atoms with Gasteiger partial charge in [0.1, 0.15) is 12.1 Å². The molecular weight excluding hydrogens is 380 g/mol. The zero-order valence-electron chi connectivity index (χ0n) is 21.0. The number of unbranched alkanes of at least 4 members (excludes halogenated alkanes) is 15. The lowest BCUT2D eigenvalue weighted by atomic mass is 10.0. The minimum absolute atomic E-state index is 0.145. The zero-order valence-corrected chi connectivity index (χ0v) is 21.0. The molecule has 0 bridgehead atoms. The Bertz CT molecular complexity index is 554. The Kier molecular flexibility index (Phi) is 17.2. The second-order valence-electron chi connectivity index (χ2n) is 9.11. The molecule has 1 amide bonds. The van der Waals surface area contributed by atoms with E-state index in [0.717, 1.165) is 25.2 Å². The normalized spacial score (nSPS) is 11.1. The Labute approximate surface area is 193 Å². The third kappa shape index (κ3) is 13.6. The first-order valence-corrected chi connectivity index (χ1v) is 13.5. The molecule has 0 radical (unpaired) electrons. The van der Waals surface area contributed by atoms with E-state index in [0.29, 0.717) is 0 Å². The van der Waals surface area contributed by atoms with Crippen LogP contribution in [-0.4, -0.2) is 23.9 Å². The number of pyridine rings is 1. The Morgan fingerprint density at radius 1 is 0.710 bits per heavy atom. The van der Waals surface area contributed by atoms with E-state index < -0.39 is 0 Å². The Morgan fingerprint density at radius 2 is 1.16 bits per heavy atom. The van der Waals surface area contributed by atoms with Crippen LogP contribution >= 0.6 is 0 Å². The van der Waals surface area contributed by atoms with E-state index >= 15 is 0 Å². The fourth-order valence-electron chi connectivity index (χ4n) is 4.32. The number of hydrogen-bond acceptors (Lipinski definition) is 1. The summed E-state index contributed by atoms with van der Waals surface area (Å²) in [5, 5.41) is 0. The van der Waals surface area contributed by atoms with Crippen molar-refractivity contribution in [3.8, 4) is 0 Å². The van der Waals surface area contributed by atoms with Crippen LogP contribution < -0.4 is 4.57 Å². The highest BCUT2D eigenvalue weighted by molar-refractivity contribution is 5.93. The summed E-state index contributed by atoms with van der Waals surface area (Å²) in [6.07, 6.45) is 26.5. The number of aryl methyl sites for hydroxylation is 1. The molecule has 0 atom stereocenters. The maximum absolute atomic E-state index is 12.5. The van der Waals surface area contributed by atoms with Gasteiger partial charge in [-0.2, -0.15) is 0 Å². The summed E-state index contributed by atoms with van der Waals surface area (Å²) in [5.74, 6) is 0.145. The van der Waals surface area contributed by atoms with Gasteiger partial charge < -0.3 is 4.90 Å². The van der Waals surface area contributed by atoms with Gasteiger partial charge in [-0.3, -0.25) is 4.79 Å². The molecule has 178 valence electrons. The summed E-state index contributed by atoms with van der Waals surface area (Å²) in [6.45, 7) is 8.91. The Hall–Kier alpha value is -1.38. The van der Waals surface area contributed by atoms with E-state index in [4.69, 9.17) is 0 Å². The molecule has 31 heavy (non-hydrogen) atoms. The fraction of sp³-hybridized carbons (Fsp3) is 0.786. The van der Waals surface area contributed by atoms with Gasteiger partial charge in [-0.25, -0.2) is 4.57 Å².